The van der Waals surface area contributed by atoms with Crippen molar-refractivity contribution in [1.82, 2.24) is 14.6 Å². The molecule has 0 spiro atoms. The largest absolute Gasteiger partial charge is 0.221 e. The quantitative estimate of drug-likeness (QED) is 0.828. The summed E-state index contributed by atoms with van der Waals surface area (Å²) >= 11 is 5.12. The fourth-order valence-electron chi connectivity index (χ4n) is 1.09. The molecule has 0 unspecified atom stereocenters. The van der Waals surface area contributed by atoms with Gasteiger partial charge in [-0.15, -0.1) is 0 Å². The Morgan fingerprint density at radius 1 is 1.62 bits per heavy atom. The van der Waals surface area contributed by atoms with Crippen LogP contribution in [0.5, 0.6) is 0 Å². The van der Waals surface area contributed by atoms with Gasteiger partial charge in [-0.05, 0) is 18.4 Å². The second-order valence-electron chi connectivity index (χ2n) is 2.61. The molecule has 0 radical (unpaired) electrons. The SMILES string of the molecule is CSCc1nc2cc(Br)ccn2n1. The van der Waals surface area contributed by atoms with Gasteiger partial charge in [-0.25, -0.2) is 9.50 Å². The predicted octanol–water partition coefficient (Wildman–Crippen LogP) is 2.35. The maximum Gasteiger partial charge on any atom is 0.161 e. The van der Waals surface area contributed by atoms with E-state index in [0.29, 0.717) is 0 Å². The number of hydrogen-bond donors (Lipinski definition) is 0. The van der Waals surface area contributed by atoms with Crippen molar-refractivity contribution in [3.8, 4) is 0 Å². The molecule has 0 N–H and O–H groups in total. The molecule has 0 bridgehead atoms. The lowest BCUT2D eigenvalue weighted by Crippen LogP contribution is -1.86. The number of pyridine rings is 1. The van der Waals surface area contributed by atoms with Crippen molar-refractivity contribution in [3.05, 3.63) is 28.6 Å². The maximum absolute atomic E-state index is 4.36. The van der Waals surface area contributed by atoms with Crippen LogP contribution in [0, 0.1) is 0 Å². The molecule has 0 aliphatic heterocycles. The lowest BCUT2D eigenvalue weighted by atomic mass is 10.5. The number of nitrogens with zero attached hydrogens (tertiary/aromatic N) is 3. The zero-order valence-electron chi connectivity index (χ0n) is 7.07. The van der Waals surface area contributed by atoms with Gasteiger partial charge in [0.2, 0.25) is 0 Å². The van der Waals surface area contributed by atoms with Gasteiger partial charge in [-0.1, -0.05) is 15.9 Å². The van der Waals surface area contributed by atoms with E-state index in [0.717, 1.165) is 21.7 Å². The van der Waals surface area contributed by atoms with Crippen LogP contribution in [0.3, 0.4) is 0 Å². The lowest BCUT2D eigenvalue weighted by molar-refractivity contribution is 0.924. The molecule has 0 aromatic carbocycles. The molecule has 0 amide bonds. The van der Waals surface area contributed by atoms with Crippen LogP contribution in [0.2, 0.25) is 0 Å². The maximum atomic E-state index is 4.36. The van der Waals surface area contributed by atoms with Gasteiger partial charge in [0.15, 0.2) is 11.5 Å². The van der Waals surface area contributed by atoms with Crippen LogP contribution in [0.4, 0.5) is 0 Å². The van der Waals surface area contributed by atoms with Gasteiger partial charge in [-0.2, -0.15) is 16.9 Å². The van der Waals surface area contributed by atoms with E-state index in [9.17, 15) is 0 Å². The smallest absolute Gasteiger partial charge is 0.161 e. The molecule has 3 nitrogen and oxygen atoms in total. The normalized spacial score (nSPS) is 10.9. The fourth-order valence-corrected chi connectivity index (χ4v) is 1.80. The van der Waals surface area contributed by atoms with E-state index >= 15 is 0 Å². The average molecular weight is 258 g/mol. The van der Waals surface area contributed by atoms with E-state index in [1.807, 2.05) is 24.6 Å². The molecule has 0 aliphatic rings. The third-order valence-electron chi connectivity index (χ3n) is 1.62. The summed E-state index contributed by atoms with van der Waals surface area (Å²) in [5.74, 6) is 1.74. The molecular weight excluding hydrogens is 250 g/mol. The summed E-state index contributed by atoms with van der Waals surface area (Å²) in [6.45, 7) is 0. The molecule has 68 valence electrons. The van der Waals surface area contributed by atoms with Gasteiger partial charge in [0.05, 0.1) is 5.75 Å². The first-order valence-corrected chi connectivity index (χ1v) is 5.98. The monoisotopic (exact) mass is 257 g/mol. The zero-order chi connectivity index (χ0) is 9.26. The average Bonchev–Trinajstić information content (AvgIpc) is 2.46. The summed E-state index contributed by atoms with van der Waals surface area (Å²) < 4.78 is 2.82. The van der Waals surface area contributed by atoms with Crippen molar-refractivity contribution in [3.63, 3.8) is 0 Å². The first-order chi connectivity index (χ1) is 6.29. The first kappa shape index (κ1) is 9.02. The molecule has 2 rings (SSSR count). The molecule has 13 heavy (non-hydrogen) atoms. The van der Waals surface area contributed by atoms with Crippen LogP contribution in [0.25, 0.3) is 5.65 Å². The summed E-state index contributed by atoms with van der Waals surface area (Å²) in [4.78, 5) is 4.36. The second-order valence-corrected chi connectivity index (χ2v) is 4.39. The van der Waals surface area contributed by atoms with Gasteiger partial charge < -0.3 is 0 Å². The number of thioether (sulfide) groups is 1. The summed E-state index contributed by atoms with van der Waals surface area (Å²) in [6, 6.07) is 3.90. The van der Waals surface area contributed by atoms with Crippen molar-refractivity contribution in [2.75, 3.05) is 6.26 Å². The molecule has 5 heteroatoms. The summed E-state index contributed by atoms with van der Waals surface area (Å²) in [5.41, 5.74) is 0.887. The molecule has 0 atom stereocenters. The molecule has 0 saturated heterocycles. The minimum absolute atomic E-state index is 0.860. The summed E-state index contributed by atoms with van der Waals surface area (Å²) in [5, 5.41) is 4.31. The lowest BCUT2D eigenvalue weighted by Gasteiger charge is -1.89. The van der Waals surface area contributed by atoms with E-state index in [2.05, 4.69) is 26.0 Å². The third-order valence-corrected chi connectivity index (χ3v) is 2.66. The van der Waals surface area contributed by atoms with Crippen LogP contribution in [-0.2, 0) is 5.75 Å². The van der Waals surface area contributed by atoms with Crippen molar-refractivity contribution in [1.29, 1.82) is 0 Å². The van der Waals surface area contributed by atoms with Gasteiger partial charge in [0.25, 0.3) is 0 Å². The summed E-state index contributed by atoms with van der Waals surface area (Å²) in [6.07, 6.45) is 3.94. The zero-order valence-corrected chi connectivity index (χ0v) is 9.47. The van der Waals surface area contributed by atoms with E-state index in [1.54, 1.807) is 16.3 Å². The Kier molecular flexibility index (Phi) is 2.55. The molecular formula is C8H8BrN3S. The van der Waals surface area contributed by atoms with E-state index < -0.39 is 0 Å². The van der Waals surface area contributed by atoms with Crippen LogP contribution in [-0.4, -0.2) is 20.9 Å². The number of halogens is 1. The Bertz CT molecular complexity index is 426. The number of hydrogen-bond acceptors (Lipinski definition) is 3. The second kappa shape index (κ2) is 3.67. The third kappa shape index (κ3) is 1.86. The molecule has 2 aromatic rings. The van der Waals surface area contributed by atoms with Crippen LogP contribution in [0.15, 0.2) is 22.8 Å². The Balaban J connectivity index is 2.49. The van der Waals surface area contributed by atoms with Crippen LogP contribution >= 0.6 is 27.7 Å². The number of fused-ring (bicyclic) bond motifs is 1. The number of rotatable bonds is 2. The van der Waals surface area contributed by atoms with E-state index in [4.69, 9.17) is 0 Å². The first-order valence-electron chi connectivity index (χ1n) is 3.79. The minimum Gasteiger partial charge on any atom is -0.221 e. The highest BCUT2D eigenvalue weighted by Gasteiger charge is 2.01. The Morgan fingerprint density at radius 3 is 3.23 bits per heavy atom. The molecule has 0 saturated carbocycles. The predicted molar refractivity (Wildman–Crippen MR) is 57.9 cm³/mol. The fraction of sp³-hybridized carbons (Fsp3) is 0.250. The Labute approximate surface area is 88.7 Å². The summed E-state index contributed by atoms with van der Waals surface area (Å²) in [7, 11) is 0. The van der Waals surface area contributed by atoms with E-state index in [1.165, 1.54) is 0 Å². The molecule has 2 heterocycles. The van der Waals surface area contributed by atoms with Gasteiger partial charge in [0.1, 0.15) is 0 Å². The standard InChI is InChI=1S/C8H8BrN3S/c1-13-5-7-10-8-4-6(9)2-3-12(8)11-7/h2-4H,5H2,1H3. The van der Waals surface area contributed by atoms with Crippen LogP contribution < -0.4 is 0 Å². The van der Waals surface area contributed by atoms with Crippen molar-refractivity contribution < 1.29 is 0 Å². The highest BCUT2D eigenvalue weighted by atomic mass is 79.9. The minimum atomic E-state index is 0.860. The topological polar surface area (TPSA) is 30.2 Å². The highest BCUT2D eigenvalue weighted by molar-refractivity contribution is 9.10. The Hall–Kier alpha value is -0.550. The van der Waals surface area contributed by atoms with Crippen molar-refractivity contribution >= 4 is 33.3 Å². The Morgan fingerprint density at radius 2 is 2.46 bits per heavy atom. The molecule has 0 fully saturated rings. The van der Waals surface area contributed by atoms with Gasteiger partial charge >= 0.3 is 0 Å². The van der Waals surface area contributed by atoms with Gasteiger partial charge in [0, 0.05) is 10.7 Å². The molecule has 2 aromatic heterocycles. The van der Waals surface area contributed by atoms with E-state index in [-0.39, 0.29) is 0 Å². The van der Waals surface area contributed by atoms with Gasteiger partial charge in [-0.3, -0.25) is 0 Å². The highest BCUT2D eigenvalue weighted by Crippen LogP contribution is 2.12. The number of aromatic nitrogens is 3. The van der Waals surface area contributed by atoms with Crippen LogP contribution in [0.1, 0.15) is 5.82 Å². The van der Waals surface area contributed by atoms with Crippen molar-refractivity contribution in [2.24, 2.45) is 0 Å². The van der Waals surface area contributed by atoms with Crippen molar-refractivity contribution in [2.45, 2.75) is 5.75 Å². The molecule has 0 aliphatic carbocycles.